The predicted octanol–water partition coefficient (Wildman–Crippen LogP) is -3.20. The highest BCUT2D eigenvalue weighted by Gasteiger charge is 2.24. The average molecular weight is 208 g/mol. The lowest BCUT2D eigenvalue weighted by atomic mass is 10.1. The van der Waals surface area contributed by atoms with Gasteiger partial charge in [-0.1, -0.05) is 0 Å². The number of rotatable bonds is 6. The van der Waals surface area contributed by atoms with Crippen molar-refractivity contribution >= 4 is 12.3 Å². The summed E-state index contributed by atoms with van der Waals surface area (Å²) >= 11 is 0. The van der Waals surface area contributed by atoms with Gasteiger partial charge in [0.25, 0.3) is 0 Å². The SMILES string of the molecule is O=CC(=O)OC[C@H](O)[C@@H](O)[C@H](O)CO. The van der Waals surface area contributed by atoms with Gasteiger partial charge >= 0.3 is 5.97 Å². The summed E-state index contributed by atoms with van der Waals surface area (Å²) in [5.74, 6) is -1.19. The monoisotopic (exact) mass is 208 g/mol. The molecule has 0 unspecified atom stereocenters. The summed E-state index contributed by atoms with van der Waals surface area (Å²) in [4.78, 5) is 20.1. The predicted molar refractivity (Wildman–Crippen MR) is 42.1 cm³/mol. The van der Waals surface area contributed by atoms with Gasteiger partial charge in [0.15, 0.2) is 0 Å². The second-order valence-electron chi connectivity index (χ2n) is 2.56. The minimum atomic E-state index is -1.64. The number of aliphatic hydroxyl groups is 4. The van der Waals surface area contributed by atoms with Crippen LogP contribution in [-0.2, 0) is 14.3 Å². The number of carbonyl (C=O) groups is 2. The fraction of sp³-hybridized carbons (Fsp3) is 0.714. The first-order valence-corrected chi connectivity index (χ1v) is 3.80. The van der Waals surface area contributed by atoms with Gasteiger partial charge in [0, 0.05) is 0 Å². The van der Waals surface area contributed by atoms with E-state index in [-0.39, 0.29) is 6.29 Å². The molecule has 4 N–H and O–H groups in total. The number of ether oxygens (including phenoxy) is 1. The largest absolute Gasteiger partial charge is 0.457 e. The molecule has 0 fully saturated rings. The Bertz CT molecular complexity index is 192. The van der Waals surface area contributed by atoms with E-state index in [9.17, 15) is 9.59 Å². The van der Waals surface area contributed by atoms with Crippen LogP contribution in [0, 0.1) is 0 Å². The van der Waals surface area contributed by atoms with E-state index < -0.39 is 37.5 Å². The molecule has 0 radical (unpaired) electrons. The van der Waals surface area contributed by atoms with E-state index in [1.54, 1.807) is 0 Å². The fourth-order valence-corrected chi connectivity index (χ4v) is 0.665. The summed E-state index contributed by atoms with van der Waals surface area (Å²) in [5.41, 5.74) is 0. The number of carbonyl (C=O) groups excluding carboxylic acids is 2. The highest BCUT2D eigenvalue weighted by Crippen LogP contribution is 2.00. The van der Waals surface area contributed by atoms with E-state index in [1.165, 1.54) is 0 Å². The second-order valence-corrected chi connectivity index (χ2v) is 2.56. The van der Waals surface area contributed by atoms with Crippen molar-refractivity contribution in [1.29, 1.82) is 0 Å². The lowest BCUT2D eigenvalue weighted by Crippen LogP contribution is -2.42. The van der Waals surface area contributed by atoms with Gasteiger partial charge in [-0.3, -0.25) is 4.79 Å². The molecule has 0 aliphatic heterocycles. The molecular weight excluding hydrogens is 196 g/mol. The third kappa shape index (κ3) is 4.28. The lowest BCUT2D eigenvalue weighted by Gasteiger charge is -2.20. The number of esters is 1. The summed E-state index contributed by atoms with van der Waals surface area (Å²) in [6, 6.07) is 0. The van der Waals surface area contributed by atoms with Crippen molar-refractivity contribution in [3.05, 3.63) is 0 Å². The van der Waals surface area contributed by atoms with Gasteiger partial charge < -0.3 is 25.2 Å². The van der Waals surface area contributed by atoms with Crippen LogP contribution < -0.4 is 0 Å². The zero-order chi connectivity index (χ0) is 11.1. The van der Waals surface area contributed by atoms with Crippen LogP contribution in [0.5, 0.6) is 0 Å². The summed E-state index contributed by atoms with van der Waals surface area (Å²) in [5, 5.41) is 35.3. The molecule has 0 aromatic heterocycles. The van der Waals surface area contributed by atoms with Crippen LogP contribution in [0.4, 0.5) is 0 Å². The molecule has 0 spiro atoms. The molecule has 0 aliphatic rings. The molecule has 0 saturated carbocycles. The highest BCUT2D eigenvalue weighted by molar-refractivity contribution is 6.20. The van der Waals surface area contributed by atoms with Gasteiger partial charge in [0.1, 0.15) is 24.9 Å². The molecule has 7 heteroatoms. The van der Waals surface area contributed by atoms with Crippen LogP contribution >= 0.6 is 0 Å². The van der Waals surface area contributed by atoms with Crippen molar-refractivity contribution in [2.75, 3.05) is 13.2 Å². The van der Waals surface area contributed by atoms with Crippen LogP contribution in [0.25, 0.3) is 0 Å². The third-order valence-electron chi connectivity index (χ3n) is 1.47. The molecule has 82 valence electrons. The standard InChI is InChI=1S/C7H12O7/c8-1-4(10)7(13)5(11)3-14-6(12)2-9/h2,4-5,7-8,10-11,13H,1,3H2/t4-,5+,7+/m1/s1. The molecule has 0 heterocycles. The van der Waals surface area contributed by atoms with Gasteiger partial charge in [-0.15, -0.1) is 0 Å². The van der Waals surface area contributed by atoms with E-state index in [2.05, 4.69) is 4.74 Å². The van der Waals surface area contributed by atoms with Gasteiger partial charge in [-0.25, -0.2) is 4.79 Å². The van der Waals surface area contributed by atoms with E-state index in [4.69, 9.17) is 20.4 Å². The van der Waals surface area contributed by atoms with Crippen LogP contribution in [0.1, 0.15) is 0 Å². The first-order valence-electron chi connectivity index (χ1n) is 3.80. The van der Waals surface area contributed by atoms with Crippen LogP contribution in [-0.4, -0.2) is 64.2 Å². The third-order valence-corrected chi connectivity index (χ3v) is 1.47. The number of hydrogen-bond donors (Lipinski definition) is 4. The Morgan fingerprint density at radius 2 is 1.86 bits per heavy atom. The van der Waals surface area contributed by atoms with E-state index >= 15 is 0 Å². The maximum atomic E-state index is 10.3. The molecule has 0 aromatic rings. The minimum Gasteiger partial charge on any atom is -0.457 e. The van der Waals surface area contributed by atoms with Crippen LogP contribution in [0.2, 0.25) is 0 Å². The van der Waals surface area contributed by atoms with Crippen molar-refractivity contribution in [1.82, 2.24) is 0 Å². The molecule has 0 rings (SSSR count). The maximum Gasteiger partial charge on any atom is 0.371 e. The molecule has 3 atom stereocenters. The summed E-state index contributed by atoms with van der Waals surface area (Å²) in [6.45, 7) is -1.37. The second kappa shape index (κ2) is 6.44. The highest BCUT2D eigenvalue weighted by atomic mass is 16.5. The summed E-state index contributed by atoms with van der Waals surface area (Å²) in [7, 11) is 0. The topological polar surface area (TPSA) is 124 Å². The van der Waals surface area contributed by atoms with Crippen molar-refractivity contribution in [3.8, 4) is 0 Å². The zero-order valence-corrected chi connectivity index (χ0v) is 7.24. The number of hydrogen-bond acceptors (Lipinski definition) is 7. The van der Waals surface area contributed by atoms with Gasteiger partial charge in [-0.2, -0.15) is 0 Å². The first-order chi connectivity index (χ1) is 6.52. The van der Waals surface area contributed by atoms with Crippen LogP contribution in [0.15, 0.2) is 0 Å². The minimum absolute atomic E-state index is 0.0957. The Morgan fingerprint density at radius 1 is 1.29 bits per heavy atom. The average Bonchev–Trinajstić information content (AvgIpc) is 2.22. The van der Waals surface area contributed by atoms with Gasteiger partial charge in [0.05, 0.1) is 6.61 Å². The van der Waals surface area contributed by atoms with E-state index in [1.807, 2.05) is 0 Å². The maximum absolute atomic E-state index is 10.3. The summed E-state index contributed by atoms with van der Waals surface area (Å²) < 4.78 is 4.16. The molecule has 0 saturated heterocycles. The van der Waals surface area contributed by atoms with E-state index in [0.29, 0.717) is 0 Å². The molecule has 0 aromatic carbocycles. The molecular formula is C7H12O7. The van der Waals surface area contributed by atoms with Crippen LogP contribution in [0.3, 0.4) is 0 Å². The van der Waals surface area contributed by atoms with Crippen molar-refractivity contribution < 1.29 is 34.8 Å². The molecule has 0 amide bonds. The molecule has 0 bridgehead atoms. The smallest absolute Gasteiger partial charge is 0.371 e. The fourth-order valence-electron chi connectivity index (χ4n) is 0.665. The quantitative estimate of drug-likeness (QED) is 0.206. The Labute approximate surface area is 79.5 Å². The Morgan fingerprint density at radius 3 is 2.29 bits per heavy atom. The molecule has 0 aliphatic carbocycles. The number of aldehydes is 1. The Hall–Kier alpha value is -1.02. The first kappa shape index (κ1) is 13.0. The molecule has 14 heavy (non-hydrogen) atoms. The van der Waals surface area contributed by atoms with Gasteiger partial charge in [-0.05, 0) is 0 Å². The van der Waals surface area contributed by atoms with Gasteiger partial charge in [0.2, 0.25) is 6.29 Å². The van der Waals surface area contributed by atoms with Crippen molar-refractivity contribution in [3.63, 3.8) is 0 Å². The van der Waals surface area contributed by atoms with E-state index in [0.717, 1.165) is 0 Å². The zero-order valence-electron chi connectivity index (χ0n) is 7.24. The summed E-state index contributed by atoms with van der Waals surface area (Å²) in [6.07, 6.45) is -4.82. The lowest BCUT2D eigenvalue weighted by molar-refractivity contribution is -0.155. The Balaban J connectivity index is 3.88. The normalized spacial score (nSPS) is 16.9. The number of aliphatic hydroxyl groups excluding tert-OH is 4. The molecule has 7 nitrogen and oxygen atoms in total. The Kier molecular flexibility index (Phi) is 5.97. The van der Waals surface area contributed by atoms with Crippen molar-refractivity contribution in [2.45, 2.75) is 18.3 Å². The van der Waals surface area contributed by atoms with Crippen molar-refractivity contribution in [2.24, 2.45) is 0 Å².